The quantitative estimate of drug-likeness (QED) is 0.634. The number of hydrogen-bond acceptors (Lipinski definition) is 2. The molecule has 3 unspecified atom stereocenters. The van der Waals surface area contributed by atoms with Crippen LogP contribution in [0.5, 0.6) is 0 Å². The highest BCUT2D eigenvalue weighted by Gasteiger charge is 2.22. The highest BCUT2D eigenvalue weighted by molar-refractivity contribution is 4.83. The fourth-order valence-electron chi connectivity index (χ4n) is 2.30. The molecule has 90 valence electrons. The molecule has 2 N–H and O–H groups in total. The van der Waals surface area contributed by atoms with Gasteiger partial charge in [-0.1, -0.05) is 33.1 Å². The van der Waals surface area contributed by atoms with Crippen LogP contribution < -0.4 is 10.6 Å². The van der Waals surface area contributed by atoms with Crippen LogP contribution in [0, 0.1) is 5.92 Å². The lowest BCUT2D eigenvalue weighted by Crippen LogP contribution is -2.40. The van der Waals surface area contributed by atoms with Gasteiger partial charge in [0.05, 0.1) is 0 Å². The maximum absolute atomic E-state index is 3.65. The molecular weight excluding hydrogens is 184 g/mol. The Kier molecular flexibility index (Phi) is 6.26. The van der Waals surface area contributed by atoms with Gasteiger partial charge in [-0.15, -0.1) is 0 Å². The number of hydrogen-bond donors (Lipinski definition) is 2. The molecule has 1 aliphatic heterocycles. The molecule has 1 saturated heterocycles. The van der Waals surface area contributed by atoms with Crippen LogP contribution in [0.15, 0.2) is 0 Å². The van der Waals surface area contributed by atoms with Crippen LogP contribution in [0.3, 0.4) is 0 Å². The van der Waals surface area contributed by atoms with Gasteiger partial charge in [-0.2, -0.15) is 0 Å². The smallest absolute Gasteiger partial charge is 0.0218 e. The second-order valence-electron chi connectivity index (χ2n) is 5.13. The minimum atomic E-state index is 0.686. The van der Waals surface area contributed by atoms with Crippen LogP contribution >= 0.6 is 0 Å². The molecule has 0 aliphatic carbocycles. The number of unbranched alkanes of at least 4 members (excludes halogenated alkanes) is 2. The Hall–Kier alpha value is -0.0800. The van der Waals surface area contributed by atoms with E-state index in [2.05, 4.69) is 31.4 Å². The minimum Gasteiger partial charge on any atom is -0.313 e. The summed E-state index contributed by atoms with van der Waals surface area (Å²) in [4.78, 5) is 0. The molecular formula is C13H28N2. The summed E-state index contributed by atoms with van der Waals surface area (Å²) in [6, 6.07) is 1.39. The molecule has 1 aliphatic rings. The Morgan fingerprint density at radius 1 is 1.40 bits per heavy atom. The first-order chi connectivity index (χ1) is 7.24. The molecule has 0 amide bonds. The molecule has 0 saturated carbocycles. The normalized spacial score (nSPS) is 28.2. The van der Waals surface area contributed by atoms with Crippen LogP contribution in [0.1, 0.15) is 52.9 Å². The summed E-state index contributed by atoms with van der Waals surface area (Å²) in [6.45, 7) is 9.29. The van der Waals surface area contributed by atoms with Gasteiger partial charge >= 0.3 is 0 Å². The van der Waals surface area contributed by atoms with Crippen molar-refractivity contribution in [1.82, 2.24) is 10.6 Å². The molecule has 0 spiro atoms. The van der Waals surface area contributed by atoms with E-state index in [4.69, 9.17) is 0 Å². The van der Waals surface area contributed by atoms with Crippen LogP contribution in [-0.2, 0) is 0 Å². The second kappa shape index (κ2) is 7.24. The fraction of sp³-hybridized carbons (Fsp3) is 1.00. The Bertz CT molecular complexity index is 159. The lowest BCUT2D eigenvalue weighted by molar-refractivity contribution is 0.405. The SMILES string of the molecule is CCCCCC(C)NCC1NCCC1C. The molecule has 2 heteroatoms. The standard InChI is InChI=1S/C13H28N2/c1-4-5-6-7-12(3)15-10-13-11(2)8-9-14-13/h11-15H,4-10H2,1-3H3. The monoisotopic (exact) mass is 212 g/mol. The zero-order chi connectivity index (χ0) is 11.1. The van der Waals surface area contributed by atoms with Gasteiger partial charge in [-0.05, 0) is 32.2 Å². The summed E-state index contributed by atoms with van der Waals surface area (Å²) in [6.07, 6.45) is 6.75. The van der Waals surface area contributed by atoms with E-state index in [0.29, 0.717) is 12.1 Å². The molecule has 1 heterocycles. The number of nitrogens with one attached hydrogen (secondary N) is 2. The summed E-state index contributed by atoms with van der Waals surface area (Å²) >= 11 is 0. The maximum atomic E-state index is 3.65. The van der Waals surface area contributed by atoms with Crippen molar-refractivity contribution in [2.45, 2.75) is 65.0 Å². The topological polar surface area (TPSA) is 24.1 Å². The summed E-state index contributed by atoms with van der Waals surface area (Å²) in [5, 5.41) is 7.22. The second-order valence-corrected chi connectivity index (χ2v) is 5.13. The van der Waals surface area contributed by atoms with Gasteiger partial charge in [0, 0.05) is 18.6 Å². The lowest BCUT2D eigenvalue weighted by Gasteiger charge is -2.20. The van der Waals surface area contributed by atoms with Crippen LogP contribution in [0.4, 0.5) is 0 Å². The molecule has 1 rings (SSSR count). The molecule has 0 bridgehead atoms. The summed E-state index contributed by atoms with van der Waals surface area (Å²) in [5.74, 6) is 0.848. The third-order valence-corrected chi connectivity index (χ3v) is 3.62. The first-order valence-electron chi connectivity index (χ1n) is 6.70. The van der Waals surface area contributed by atoms with Gasteiger partial charge in [-0.25, -0.2) is 0 Å². The third-order valence-electron chi connectivity index (χ3n) is 3.62. The lowest BCUT2D eigenvalue weighted by atomic mass is 10.0. The van der Waals surface area contributed by atoms with Gasteiger partial charge in [-0.3, -0.25) is 0 Å². The van der Waals surface area contributed by atoms with Crippen molar-refractivity contribution in [3.05, 3.63) is 0 Å². The third kappa shape index (κ3) is 4.98. The highest BCUT2D eigenvalue weighted by atomic mass is 15.0. The molecule has 3 atom stereocenters. The van der Waals surface area contributed by atoms with E-state index in [1.807, 2.05) is 0 Å². The maximum Gasteiger partial charge on any atom is 0.0218 e. The first kappa shape index (κ1) is 13.0. The summed E-state index contributed by atoms with van der Waals surface area (Å²) < 4.78 is 0. The van der Waals surface area contributed by atoms with Gasteiger partial charge in [0.15, 0.2) is 0 Å². The van der Waals surface area contributed by atoms with E-state index >= 15 is 0 Å². The predicted octanol–water partition coefficient (Wildman–Crippen LogP) is 2.54. The van der Waals surface area contributed by atoms with E-state index < -0.39 is 0 Å². The van der Waals surface area contributed by atoms with Crippen molar-refractivity contribution in [3.8, 4) is 0 Å². The van der Waals surface area contributed by atoms with E-state index in [0.717, 1.165) is 12.5 Å². The Morgan fingerprint density at radius 3 is 2.80 bits per heavy atom. The van der Waals surface area contributed by atoms with Gasteiger partial charge in [0.25, 0.3) is 0 Å². The van der Waals surface area contributed by atoms with Crippen molar-refractivity contribution in [1.29, 1.82) is 0 Å². The molecule has 0 aromatic carbocycles. The van der Waals surface area contributed by atoms with Crippen LogP contribution in [0.2, 0.25) is 0 Å². The van der Waals surface area contributed by atoms with Crippen molar-refractivity contribution in [2.75, 3.05) is 13.1 Å². The molecule has 0 aromatic heterocycles. The minimum absolute atomic E-state index is 0.686. The van der Waals surface area contributed by atoms with Crippen LogP contribution in [-0.4, -0.2) is 25.2 Å². The molecule has 1 fully saturated rings. The fourth-order valence-corrected chi connectivity index (χ4v) is 2.30. The van der Waals surface area contributed by atoms with Gasteiger partial charge in [0.2, 0.25) is 0 Å². The highest BCUT2D eigenvalue weighted by Crippen LogP contribution is 2.13. The van der Waals surface area contributed by atoms with E-state index in [1.54, 1.807) is 0 Å². The van der Waals surface area contributed by atoms with Crippen molar-refractivity contribution < 1.29 is 0 Å². The Morgan fingerprint density at radius 2 is 2.20 bits per heavy atom. The average molecular weight is 212 g/mol. The summed E-state index contributed by atoms with van der Waals surface area (Å²) in [5.41, 5.74) is 0. The molecule has 0 radical (unpaired) electrons. The zero-order valence-corrected chi connectivity index (χ0v) is 10.7. The van der Waals surface area contributed by atoms with E-state index in [9.17, 15) is 0 Å². The predicted molar refractivity (Wildman–Crippen MR) is 67.2 cm³/mol. The Labute approximate surface area is 95.2 Å². The molecule has 2 nitrogen and oxygen atoms in total. The zero-order valence-electron chi connectivity index (χ0n) is 10.7. The first-order valence-corrected chi connectivity index (χ1v) is 6.70. The molecule has 15 heavy (non-hydrogen) atoms. The van der Waals surface area contributed by atoms with Crippen LogP contribution in [0.25, 0.3) is 0 Å². The van der Waals surface area contributed by atoms with Crippen molar-refractivity contribution in [2.24, 2.45) is 5.92 Å². The molecule has 0 aromatic rings. The summed E-state index contributed by atoms with van der Waals surface area (Å²) in [7, 11) is 0. The van der Waals surface area contributed by atoms with Crippen molar-refractivity contribution >= 4 is 0 Å². The largest absolute Gasteiger partial charge is 0.313 e. The van der Waals surface area contributed by atoms with E-state index in [1.165, 1.54) is 38.6 Å². The average Bonchev–Trinajstić information content (AvgIpc) is 2.61. The van der Waals surface area contributed by atoms with Gasteiger partial charge in [0.1, 0.15) is 0 Å². The van der Waals surface area contributed by atoms with E-state index in [-0.39, 0.29) is 0 Å². The number of rotatable bonds is 7. The van der Waals surface area contributed by atoms with Gasteiger partial charge < -0.3 is 10.6 Å². The Balaban J connectivity index is 2.03. The van der Waals surface area contributed by atoms with Crippen molar-refractivity contribution in [3.63, 3.8) is 0 Å².